The second-order valence-electron chi connectivity index (χ2n) is 5.03. The van der Waals surface area contributed by atoms with E-state index in [0.29, 0.717) is 30.2 Å². The van der Waals surface area contributed by atoms with Crippen molar-refractivity contribution in [3.63, 3.8) is 0 Å². The van der Waals surface area contributed by atoms with Gasteiger partial charge in [-0.3, -0.25) is 4.79 Å². The number of fused-ring (bicyclic) bond motifs is 1. The van der Waals surface area contributed by atoms with E-state index in [9.17, 15) is 4.79 Å². The molecule has 2 aromatic rings. The Bertz CT molecular complexity index is 662. The molecule has 0 aliphatic carbocycles. The number of hydrogen-bond acceptors (Lipinski definition) is 4. The zero-order valence-corrected chi connectivity index (χ0v) is 12.0. The SMILES string of the molecule is Cc1cc(C(=O)NC[C@@H]2COc3ccccc3O2)c(C)o1. The highest BCUT2D eigenvalue weighted by atomic mass is 16.6. The Labute approximate surface area is 122 Å². The number of nitrogens with one attached hydrogen (secondary N) is 1. The van der Waals surface area contributed by atoms with Crippen molar-refractivity contribution in [3.05, 3.63) is 47.4 Å². The fraction of sp³-hybridized carbons (Fsp3) is 0.312. The third-order valence-electron chi connectivity index (χ3n) is 3.34. The van der Waals surface area contributed by atoms with Crippen molar-refractivity contribution < 1.29 is 18.7 Å². The van der Waals surface area contributed by atoms with Gasteiger partial charge >= 0.3 is 0 Å². The molecule has 1 amide bonds. The zero-order valence-electron chi connectivity index (χ0n) is 12.0. The Hall–Kier alpha value is -2.43. The summed E-state index contributed by atoms with van der Waals surface area (Å²) in [5.41, 5.74) is 0.560. The first-order valence-corrected chi connectivity index (χ1v) is 6.87. The van der Waals surface area contributed by atoms with Crippen LogP contribution in [0.15, 0.2) is 34.7 Å². The number of amides is 1. The molecule has 1 aromatic heterocycles. The molecular weight excluding hydrogens is 270 g/mol. The fourth-order valence-electron chi connectivity index (χ4n) is 2.32. The Morgan fingerprint density at radius 3 is 2.76 bits per heavy atom. The average Bonchev–Trinajstić information content (AvgIpc) is 2.83. The second kappa shape index (κ2) is 5.52. The summed E-state index contributed by atoms with van der Waals surface area (Å²) in [4.78, 5) is 12.1. The highest BCUT2D eigenvalue weighted by Crippen LogP contribution is 2.30. The molecule has 0 saturated carbocycles. The summed E-state index contributed by atoms with van der Waals surface area (Å²) < 4.78 is 16.8. The predicted molar refractivity (Wildman–Crippen MR) is 76.9 cm³/mol. The summed E-state index contributed by atoms with van der Waals surface area (Å²) in [6.45, 7) is 4.40. The molecule has 0 radical (unpaired) electrons. The summed E-state index contributed by atoms with van der Waals surface area (Å²) in [7, 11) is 0. The second-order valence-corrected chi connectivity index (χ2v) is 5.03. The van der Waals surface area contributed by atoms with Crippen LogP contribution >= 0.6 is 0 Å². The van der Waals surface area contributed by atoms with Gasteiger partial charge in [-0.1, -0.05) is 12.1 Å². The minimum Gasteiger partial charge on any atom is -0.486 e. The molecule has 1 aliphatic heterocycles. The number of benzene rings is 1. The molecule has 1 atom stereocenters. The lowest BCUT2D eigenvalue weighted by molar-refractivity contribution is 0.0788. The van der Waals surface area contributed by atoms with Gasteiger partial charge in [0, 0.05) is 0 Å². The highest BCUT2D eigenvalue weighted by molar-refractivity contribution is 5.95. The molecule has 1 aliphatic rings. The van der Waals surface area contributed by atoms with E-state index in [2.05, 4.69) is 5.32 Å². The number of para-hydroxylation sites is 2. The smallest absolute Gasteiger partial charge is 0.254 e. The molecular formula is C16H17NO4. The summed E-state index contributed by atoms with van der Waals surface area (Å²) in [5, 5.41) is 2.85. The third kappa shape index (κ3) is 2.86. The Morgan fingerprint density at radius 2 is 2.05 bits per heavy atom. The third-order valence-corrected chi connectivity index (χ3v) is 3.34. The van der Waals surface area contributed by atoms with Crippen LogP contribution in [0.3, 0.4) is 0 Å². The van der Waals surface area contributed by atoms with Gasteiger partial charge < -0.3 is 19.2 Å². The zero-order chi connectivity index (χ0) is 14.8. The van der Waals surface area contributed by atoms with Crippen molar-refractivity contribution in [2.45, 2.75) is 20.0 Å². The van der Waals surface area contributed by atoms with Crippen LogP contribution in [0.1, 0.15) is 21.9 Å². The Morgan fingerprint density at radius 1 is 1.29 bits per heavy atom. The first kappa shape index (κ1) is 13.5. The number of carbonyl (C=O) groups is 1. The van der Waals surface area contributed by atoms with E-state index in [0.717, 1.165) is 11.5 Å². The quantitative estimate of drug-likeness (QED) is 0.942. The van der Waals surface area contributed by atoms with Crippen molar-refractivity contribution >= 4 is 5.91 Å². The number of ether oxygens (including phenoxy) is 2. The molecule has 0 unspecified atom stereocenters. The molecule has 1 N–H and O–H groups in total. The minimum absolute atomic E-state index is 0.160. The van der Waals surface area contributed by atoms with Gasteiger partial charge in [0.15, 0.2) is 11.5 Å². The maximum absolute atomic E-state index is 12.1. The van der Waals surface area contributed by atoms with Crippen molar-refractivity contribution in [1.82, 2.24) is 5.32 Å². The first-order chi connectivity index (χ1) is 10.1. The van der Waals surface area contributed by atoms with Crippen molar-refractivity contribution in [1.29, 1.82) is 0 Å². The number of carbonyl (C=O) groups excluding carboxylic acids is 1. The van der Waals surface area contributed by atoms with Crippen LogP contribution in [0, 0.1) is 13.8 Å². The van der Waals surface area contributed by atoms with Gasteiger partial charge in [-0.25, -0.2) is 0 Å². The monoisotopic (exact) mass is 287 g/mol. The number of aryl methyl sites for hydroxylation is 2. The number of furan rings is 1. The van der Waals surface area contributed by atoms with Gasteiger partial charge in [0.05, 0.1) is 12.1 Å². The molecule has 0 saturated heterocycles. The van der Waals surface area contributed by atoms with Gasteiger partial charge in [0.25, 0.3) is 5.91 Å². The Kier molecular flexibility index (Phi) is 3.56. The highest BCUT2D eigenvalue weighted by Gasteiger charge is 2.22. The normalized spacial score (nSPS) is 16.6. The molecule has 3 rings (SSSR count). The summed E-state index contributed by atoms with van der Waals surface area (Å²) in [6.07, 6.45) is -0.197. The van der Waals surface area contributed by atoms with E-state index in [1.54, 1.807) is 13.0 Å². The molecule has 2 heterocycles. The van der Waals surface area contributed by atoms with E-state index in [-0.39, 0.29) is 12.0 Å². The first-order valence-electron chi connectivity index (χ1n) is 6.87. The molecule has 0 spiro atoms. The molecule has 110 valence electrons. The summed E-state index contributed by atoms with van der Waals surface area (Å²) >= 11 is 0. The van der Waals surface area contributed by atoms with Crippen molar-refractivity contribution in [2.75, 3.05) is 13.2 Å². The maximum Gasteiger partial charge on any atom is 0.254 e. The largest absolute Gasteiger partial charge is 0.486 e. The average molecular weight is 287 g/mol. The van der Waals surface area contributed by atoms with Gasteiger partial charge in [0.2, 0.25) is 0 Å². The maximum atomic E-state index is 12.1. The van der Waals surface area contributed by atoms with Crippen LogP contribution in [0.5, 0.6) is 11.5 Å². The number of hydrogen-bond donors (Lipinski definition) is 1. The van der Waals surface area contributed by atoms with Gasteiger partial charge in [-0.15, -0.1) is 0 Å². The molecule has 5 heteroatoms. The summed E-state index contributed by atoms with van der Waals surface area (Å²) in [6, 6.07) is 9.24. The number of rotatable bonds is 3. The standard InChI is InChI=1S/C16H17NO4/c1-10-7-13(11(2)20-10)16(18)17-8-12-9-19-14-5-3-4-6-15(14)21-12/h3-7,12H,8-9H2,1-2H3,(H,17,18)/t12-/m1/s1. The van der Waals surface area contributed by atoms with E-state index >= 15 is 0 Å². The molecule has 0 bridgehead atoms. The van der Waals surface area contributed by atoms with Crippen LogP contribution in [0.25, 0.3) is 0 Å². The molecule has 5 nitrogen and oxygen atoms in total. The molecule has 21 heavy (non-hydrogen) atoms. The van der Waals surface area contributed by atoms with Crippen LogP contribution < -0.4 is 14.8 Å². The van der Waals surface area contributed by atoms with E-state index < -0.39 is 0 Å². The van der Waals surface area contributed by atoms with Crippen LogP contribution in [0.2, 0.25) is 0 Å². The van der Waals surface area contributed by atoms with Crippen LogP contribution in [-0.4, -0.2) is 25.2 Å². The van der Waals surface area contributed by atoms with Gasteiger partial charge in [-0.2, -0.15) is 0 Å². The van der Waals surface area contributed by atoms with Crippen molar-refractivity contribution in [3.8, 4) is 11.5 Å². The topological polar surface area (TPSA) is 60.7 Å². The van der Waals surface area contributed by atoms with E-state index in [1.165, 1.54) is 0 Å². The van der Waals surface area contributed by atoms with Crippen LogP contribution in [-0.2, 0) is 0 Å². The van der Waals surface area contributed by atoms with E-state index in [1.807, 2.05) is 31.2 Å². The molecule has 1 aromatic carbocycles. The van der Waals surface area contributed by atoms with Crippen LogP contribution in [0.4, 0.5) is 0 Å². The Balaban J connectivity index is 1.59. The lowest BCUT2D eigenvalue weighted by Gasteiger charge is -2.26. The fourth-order valence-corrected chi connectivity index (χ4v) is 2.32. The minimum atomic E-state index is -0.197. The lowest BCUT2D eigenvalue weighted by Crippen LogP contribution is -2.40. The lowest BCUT2D eigenvalue weighted by atomic mass is 10.2. The van der Waals surface area contributed by atoms with Gasteiger partial charge in [-0.05, 0) is 32.0 Å². The van der Waals surface area contributed by atoms with Crippen molar-refractivity contribution in [2.24, 2.45) is 0 Å². The molecule has 0 fully saturated rings. The summed E-state index contributed by atoms with van der Waals surface area (Å²) in [5.74, 6) is 2.63. The van der Waals surface area contributed by atoms with Gasteiger partial charge in [0.1, 0.15) is 24.2 Å². The van der Waals surface area contributed by atoms with E-state index in [4.69, 9.17) is 13.9 Å². The predicted octanol–water partition coefficient (Wildman–Crippen LogP) is 2.47.